The Hall–Kier alpha value is -2.28. The smallest absolute Gasteiger partial charge is 0.252 e. The summed E-state index contributed by atoms with van der Waals surface area (Å²) in [5.41, 5.74) is 1.87. The van der Waals surface area contributed by atoms with Gasteiger partial charge in [-0.15, -0.1) is 23.1 Å². The number of nitrogens with one attached hydrogen (secondary N) is 1. The van der Waals surface area contributed by atoms with Crippen LogP contribution in [0.15, 0.2) is 70.9 Å². The van der Waals surface area contributed by atoms with Crippen molar-refractivity contribution in [2.45, 2.75) is 29.5 Å². The van der Waals surface area contributed by atoms with Crippen LogP contribution in [-0.4, -0.2) is 37.6 Å². The van der Waals surface area contributed by atoms with Crippen molar-refractivity contribution in [1.82, 2.24) is 10.2 Å². The fourth-order valence-electron chi connectivity index (χ4n) is 4.04. The third-order valence-corrected chi connectivity index (χ3v) is 7.80. The number of amides is 1. The molecule has 1 aromatic heterocycles. The fourth-order valence-corrected chi connectivity index (χ4v) is 5.86. The number of carbonyl (C=O) groups excluding carboxylic acids is 1. The van der Waals surface area contributed by atoms with Crippen molar-refractivity contribution in [2.75, 3.05) is 26.7 Å². The largest absolute Gasteiger partial charge is 0.496 e. The second-order valence-corrected chi connectivity index (χ2v) is 9.62. The molecule has 2 aromatic carbocycles. The normalized spacial score (nSPS) is 15.0. The first-order chi connectivity index (χ1) is 15.3. The van der Waals surface area contributed by atoms with Crippen LogP contribution in [0.1, 0.15) is 39.7 Å². The van der Waals surface area contributed by atoms with Gasteiger partial charge in [-0.2, -0.15) is 0 Å². The quantitative estimate of drug-likeness (QED) is 0.428. The Morgan fingerprint density at radius 1 is 1.10 bits per heavy atom. The SMILES string of the molecule is COc1ccccc1C(CNC(=O)c1ccccc1SCc1cccs1)N1CCCC1. The van der Waals surface area contributed by atoms with Crippen molar-refractivity contribution in [3.8, 4) is 5.75 Å². The maximum atomic E-state index is 13.2. The number of para-hydroxylation sites is 1. The van der Waals surface area contributed by atoms with E-state index in [-0.39, 0.29) is 11.9 Å². The van der Waals surface area contributed by atoms with Gasteiger partial charge < -0.3 is 10.1 Å². The first-order valence-corrected chi connectivity index (χ1v) is 12.5. The van der Waals surface area contributed by atoms with Crippen molar-refractivity contribution < 1.29 is 9.53 Å². The van der Waals surface area contributed by atoms with Gasteiger partial charge in [-0.25, -0.2) is 0 Å². The highest BCUT2D eigenvalue weighted by Gasteiger charge is 2.26. The number of hydrogen-bond acceptors (Lipinski definition) is 5. The lowest BCUT2D eigenvalue weighted by atomic mass is 10.0. The van der Waals surface area contributed by atoms with E-state index in [1.807, 2.05) is 42.5 Å². The van der Waals surface area contributed by atoms with Crippen molar-refractivity contribution in [3.63, 3.8) is 0 Å². The Bertz CT molecular complexity index is 985. The standard InChI is InChI=1S/C25H28N2O2S2/c1-29-23-12-4-2-10-20(23)22(27-14-6-7-15-27)17-26-25(28)21-11-3-5-13-24(21)31-18-19-9-8-16-30-19/h2-5,8-13,16,22H,6-7,14-15,17-18H2,1H3,(H,26,28). The molecule has 1 unspecified atom stereocenters. The second-order valence-electron chi connectivity index (χ2n) is 7.58. The minimum absolute atomic E-state index is 0.0200. The predicted octanol–water partition coefficient (Wildman–Crippen LogP) is 5.62. The molecule has 1 aliphatic rings. The summed E-state index contributed by atoms with van der Waals surface area (Å²) in [6, 6.07) is 20.3. The summed E-state index contributed by atoms with van der Waals surface area (Å²) < 4.78 is 5.62. The molecule has 0 saturated carbocycles. The van der Waals surface area contributed by atoms with E-state index in [4.69, 9.17) is 4.74 Å². The van der Waals surface area contributed by atoms with E-state index in [1.54, 1.807) is 30.2 Å². The zero-order valence-corrected chi connectivity index (χ0v) is 19.4. The highest BCUT2D eigenvalue weighted by atomic mass is 32.2. The van der Waals surface area contributed by atoms with Gasteiger partial charge in [0.05, 0.1) is 18.7 Å². The van der Waals surface area contributed by atoms with E-state index < -0.39 is 0 Å². The molecule has 1 aliphatic heterocycles. The molecule has 1 amide bonds. The highest BCUT2D eigenvalue weighted by molar-refractivity contribution is 7.98. The van der Waals surface area contributed by atoms with Gasteiger partial charge in [0, 0.05) is 27.6 Å². The minimum Gasteiger partial charge on any atom is -0.496 e. The van der Waals surface area contributed by atoms with E-state index in [2.05, 4.69) is 33.8 Å². The molecule has 1 N–H and O–H groups in total. The Morgan fingerprint density at radius 2 is 1.87 bits per heavy atom. The number of thiophene rings is 1. The number of likely N-dealkylation sites (tertiary alicyclic amines) is 1. The lowest BCUT2D eigenvalue weighted by Gasteiger charge is -2.29. The summed E-state index contributed by atoms with van der Waals surface area (Å²) in [7, 11) is 1.71. The van der Waals surface area contributed by atoms with Gasteiger partial charge in [0.1, 0.15) is 5.75 Å². The Balaban J connectivity index is 1.48. The van der Waals surface area contributed by atoms with E-state index in [1.165, 1.54) is 17.7 Å². The zero-order chi connectivity index (χ0) is 21.5. The average molecular weight is 453 g/mol. The molecule has 1 fully saturated rings. The molecule has 1 saturated heterocycles. The molecule has 162 valence electrons. The van der Waals surface area contributed by atoms with Gasteiger partial charge in [0.2, 0.25) is 0 Å². The van der Waals surface area contributed by atoms with Gasteiger partial charge in [0.25, 0.3) is 5.91 Å². The lowest BCUT2D eigenvalue weighted by molar-refractivity contribution is 0.0934. The number of rotatable bonds is 9. The molecule has 2 heterocycles. The van der Waals surface area contributed by atoms with Crippen molar-refractivity contribution >= 4 is 29.0 Å². The van der Waals surface area contributed by atoms with Crippen LogP contribution >= 0.6 is 23.1 Å². The van der Waals surface area contributed by atoms with Gasteiger partial charge >= 0.3 is 0 Å². The molecule has 0 bridgehead atoms. The average Bonchev–Trinajstić information content (AvgIpc) is 3.53. The van der Waals surface area contributed by atoms with E-state index >= 15 is 0 Å². The summed E-state index contributed by atoms with van der Waals surface area (Å²) >= 11 is 3.46. The van der Waals surface area contributed by atoms with Crippen LogP contribution in [0.4, 0.5) is 0 Å². The van der Waals surface area contributed by atoms with Gasteiger partial charge in [-0.1, -0.05) is 36.4 Å². The van der Waals surface area contributed by atoms with Crippen LogP contribution < -0.4 is 10.1 Å². The number of carbonyl (C=O) groups is 1. The molecular weight excluding hydrogens is 424 g/mol. The first-order valence-electron chi connectivity index (χ1n) is 10.7. The summed E-state index contributed by atoms with van der Waals surface area (Å²) in [6.07, 6.45) is 2.39. The third kappa shape index (κ3) is 5.50. The lowest BCUT2D eigenvalue weighted by Crippen LogP contribution is -2.37. The highest BCUT2D eigenvalue weighted by Crippen LogP contribution is 2.32. The van der Waals surface area contributed by atoms with Crippen molar-refractivity contribution in [2.24, 2.45) is 0 Å². The van der Waals surface area contributed by atoms with E-state index in [9.17, 15) is 4.79 Å². The maximum absolute atomic E-state index is 13.2. The molecule has 31 heavy (non-hydrogen) atoms. The van der Waals surface area contributed by atoms with Crippen LogP contribution in [-0.2, 0) is 5.75 Å². The second kappa shape index (κ2) is 10.8. The molecule has 4 rings (SSSR count). The number of nitrogens with zero attached hydrogens (tertiary/aromatic N) is 1. The zero-order valence-electron chi connectivity index (χ0n) is 17.8. The third-order valence-electron chi connectivity index (χ3n) is 5.62. The molecule has 1 atom stereocenters. The molecule has 3 aromatic rings. The summed E-state index contributed by atoms with van der Waals surface area (Å²) in [6.45, 7) is 2.65. The molecule has 0 aliphatic carbocycles. The Labute approximate surface area is 192 Å². The topological polar surface area (TPSA) is 41.6 Å². The maximum Gasteiger partial charge on any atom is 0.252 e. The van der Waals surface area contributed by atoms with Crippen LogP contribution in [0.2, 0.25) is 0 Å². The van der Waals surface area contributed by atoms with Crippen molar-refractivity contribution in [1.29, 1.82) is 0 Å². The number of benzene rings is 2. The van der Waals surface area contributed by atoms with Crippen LogP contribution in [0.3, 0.4) is 0 Å². The summed E-state index contributed by atoms with van der Waals surface area (Å²) in [4.78, 5) is 17.9. The summed E-state index contributed by atoms with van der Waals surface area (Å²) in [5.74, 6) is 1.73. The van der Waals surface area contributed by atoms with Gasteiger partial charge in [-0.05, 0) is 55.6 Å². The molecule has 0 spiro atoms. The Morgan fingerprint density at radius 3 is 2.65 bits per heavy atom. The van der Waals surface area contributed by atoms with Crippen LogP contribution in [0.5, 0.6) is 5.75 Å². The Kier molecular flexibility index (Phi) is 7.67. The van der Waals surface area contributed by atoms with E-state index in [0.29, 0.717) is 6.54 Å². The van der Waals surface area contributed by atoms with Crippen molar-refractivity contribution in [3.05, 3.63) is 82.0 Å². The fraction of sp³-hybridized carbons (Fsp3) is 0.320. The van der Waals surface area contributed by atoms with Gasteiger partial charge in [-0.3, -0.25) is 9.69 Å². The molecule has 4 nitrogen and oxygen atoms in total. The van der Waals surface area contributed by atoms with Gasteiger partial charge in [0.15, 0.2) is 0 Å². The first kappa shape index (κ1) is 21.9. The number of hydrogen-bond donors (Lipinski definition) is 1. The molecule has 6 heteroatoms. The number of methoxy groups -OCH3 is 1. The minimum atomic E-state index is -0.0200. The van der Waals surface area contributed by atoms with E-state index in [0.717, 1.165) is 40.6 Å². The monoisotopic (exact) mass is 452 g/mol. The summed E-state index contributed by atoms with van der Waals surface area (Å²) in [5, 5.41) is 5.30. The molecular formula is C25H28N2O2S2. The number of thioether (sulfide) groups is 1. The van der Waals surface area contributed by atoms with Crippen LogP contribution in [0.25, 0.3) is 0 Å². The molecule has 0 radical (unpaired) electrons. The van der Waals surface area contributed by atoms with Crippen LogP contribution in [0, 0.1) is 0 Å². The number of ether oxygens (including phenoxy) is 1. The predicted molar refractivity (Wildman–Crippen MR) is 129 cm³/mol.